The highest BCUT2D eigenvalue weighted by Gasteiger charge is 2.09. The van der Waals surface area contributed by atoms with Crippen LogP contribution in [0.4, 0.5) is 4.39 Å². The summed E-state index contributed by atoms with van der Waals surface area (Å²) in [5.41, 5.74) is 1.92. The Kier molecular flexibility index (Phi) is 5.05. The SMILES string of the molecule is COc1ccc(C(=Cc2ccccc2Cl)CCl)c(F)c1. The molecule has 20 heavy (non-hydrogen) atoms. The van der Waals surface area contributed by atoms with Crippen LogP contribution >= 0.6 is 23.2 Å². The van der Waals surface area contributed by atoms with Crippen molar-refractivity contribution in [1.82, 2.24) is 0 Å². The normalized spacial score (nSPS) is 11.5. The van der Waals surface area contributed by atoms with Crippen LogP contribution in [0.5, 0.6) is 5.75 Å². The minimum atomic E-state index is -0.372. The molecule has 2 aromatic carbocycles. The molecule has 0 aliphatic rings. The van der Waals surface area contributed by atoms with Crippen molar-refractivity contribution in [2.75, 3.05) is 13.0 Å². The van der Waals surface area contributed by atoms with Crippen molar-refractivity contribution in [3.05, 3.63) is 64.4 Å². The number of alkyl halides is 1. The summed E-state index contributed by atoms with van der Waals surface area (Å²) in [5, 5.41) is 0.601. The van der Waals surface area contributed by atoms with Crippen LogP contribution in [0.2, 0.25) is 5.02 Å². The number of allylic oxidation sites excluding steroid dienone is 1. The molecule has 2 aromatic rings. The molecule has 0 aromatic heterocycles. The molecule has 0 unspecified atom stereocenters. The fourth-order valence-corrected chi connectivity index (χ4v) is 2.26. The molecule has 0 fully saturated rings. The van der Waals surface area contributed by atoms with Gasteiger partial charge in [0.2, 0.25) is 0 Å². The molecule has 1 nitrogen and oxygen atoms in total. The first-order valence-corrected chi connectivity index (χ1v) is 6.92. The van der Waals surface area contributed by atoms with Crippen LogP contribution in [0.1, 0.15) is 11.1 Å². The summed E-state index contributed by atoms with van der Waals surface area (Å²) in [6.07, 6.45) is 1.79. The summed E-state index contributed by atoms with van der Waals surface area (Å²) in [6.45, 7) is 0. The van der Waals surface area contributed by atoms with Gasteiger partial charge in [0.25, 0.3) is 0 Å². The van der Waals surface area contributed by atoms with E-state index in [1.165, 1.54) is 13.2 Å². The largest absolute Gasteiger partial charge is 0.497 e. The standard InChI is InChI=1S/C16H13Cl2FO/c1-20-13-6-7-14(16(19)9-13)12(10-17)8-11-4-2-3-5-15(11)18/h2-9H,10H2,1H3. The molecular formula is C16H13Cl2FO. The molecule has 4 heteroatoms. The van der Waals surface area contributed by atoms with E-state index in [9.17, 15) is 4.39 Å². The maximum absolute atomic E-state index is 14.1. The lowest BCUT2D eigenvalue weighted by Crippen LogP contribution is -1.93. The van der Waals surface area contributed by atoms with Crippen molar-refractivity contribution >= 4 is 34.9 Å². The molecule has 0 heterocycles. The van der Waals surface area contributed by atoms with Crippen molar-refractivity contribution in [2.45, 2.75) is 0 Å². The lowest BCUT2D eigenvalue weighted by molar-refractivity contribution is 0.411. The number of methoxy groups -OCH3 is 1. The Bertz CT molecular complexity index is 638. The van der Waals surface area contributed by atoms with Gasteiger partial charge in [-0.3, -0.25) is 0 Å². The van der Waals surface area contributed by atoms with E-state index in [-0.39, 0.29) is 11.7 Å². The van der Waals surface area contributed by atoms with E-state index in [4.69, 9.17) is 27.9 Å². The van der Waals surface area contributed by atoms with E-state index in [2.05, 4.69) is 0 Å². The number of benzene rings is 2. The maximum atomic E-state index is 14.1. The van der Waals surface area contributed by atoms with Crippen molar-refractivity contribution in [3.63, 3.8) is 0 Å². The van der Waals surface area contributed by atoms with Crippen molar-refractivity contribution in [2.24, 2.45) is 0 Å². The highest BCUT2D eigenvalue weighted by Crippen LogP contribution is 2.27. The van der Waals surface area contributed by atoms with Crippen molar-refractivity contribution in [1.29, 1.82) is 0 Å². The topological polar surface area (TPSA) is 9.23 Å². The Hall–Kier alpha value is -1.51. The van der Waals surface area contributed by atoms with Crippen LogP contribution in [0.3, 0.4) is 0 Å². The summed E-state index contributed by atoms with van der Waals surface area (Å²) in [4.78, 5) is 0. The first-order valence-electron chi connectivity index (χ1n) is 6.00. The molecule has 0 aliphatic carbocycles. The third-order valence-electron chi connectivity index (χ3n) is 2.90. The zero-order valence-corrected chi connectivity index (χ0v) is 12.4. The number of ether oxygens (including phenoxy) is 1. The van der Waals surface area contributed by atoms with Crippen LogP contribution < -0.4 is 4.74 Å². The second-order valence-electron chi connectivity index (χ2n) is 4.17. The Morgan fingerprint density at radius 2 is 2.00 bits per heavy atom. The second kappa shape index (κ2) is 6.78. The van der Waals surface area contributed by atoms with Gasteiger partial charge in [-0.25, -0.2) is 4.39 Å². The minimum absolute atomic E-state index is 0.189. The van der Waals surface area contributed by atoms with Gasteiger partial charge in [0, 0.05) is 22.5 Å². The molecular weight excluding hydrogens is 298 g/mol. The number of rotatable bonds is 4. The van der Waals surface area contributed by atoms with E-state index in [0.29, 0.717) is 21.9 Å². The predicted octanol–water partition coefficient (Wildman–Crippen LogP) is 5.27. The summed E-state index contributed by atoms with van der Waals surface area (Å²) < 4.78 is 19.1. The van der Waals surface area contributed by atoms with Crippen LogP contribution in [0.15, 0.2) is 42.5 Å². The number of hydrogen-bond acceptors (Lipinski definition) is 1. The minimum Gasteiger partial charge on any atom is -0.497 e. The van der Waals surface area contributed by atoms with E-state index in [1.807, 2.05) is 18.2 Å². The average molecular weight is 311 g/mol. The van der Waals surface area contributed by atoms with E-state index in [0.717, 1.165) is 5.56 Å². The zero-order chi connectivity index (χ0) is 14.5. The molecule has 2 rings (SSSR count). The fourth-order valence-electron chi connectivity index (χ4n) is 1.85. The average Bonchev–Trinajstić information content (AvgIpc) is 2.47. The van der Waals surface area contributed by atoms with E-state index < -0.39 is 0 Å². The van der Waals surface area contributed by atoms with Gasteiger partial charge < -0.3 is 4.74 Å². The Balaban J connectivity index is 2.45. The predicted molar refractivity (Wildman–Crippen MR) is 83.0 cm³/mol. The van der Waals surface area contributed by atoms with Crippen LogP contribution in [0.25, 0.3) is 11.6 Å². The van der Waals surface area contributed by atoms with Gasteiger partial charge in [0.1, 0.15) is 11.6 Å². The molecule has 104 valence electrons. The second-order valence-corrected chi connectivity index (χ2v) is 4.84. The van der Waals surface area contributed by atoms with Crippen LogP contribution in [0, 0.1) is 5.82 Å². The first-order chi connectivity index (χ1) is 9.65. The van der Waals surface area contributed by atoms with Gasteiger partial charge in [0.05, 0.1) is 7.11 Å². The van der Waals surface area contributed by atoms with Gasteiger partial charge in [-0.15, -0.1) is 11.6 Å². The highest BCUT2D eigenvalue weighted by molar-refractivity contribution is 6.32. The maximum Gasteiger partial charge on any atom is 0.134 e. The van der Waals surface area contributed by atoms with Gasteiger partial charge >= 0.3 is 0 Å². The van der Waals surface area contributed by atoms with Gasteiger partial charge in [-0.1, -0.05) is 29.8 Å². The van der Waals surface area contributed by atoms with E-state index in [1.54, 1.807) is 24.3 Å². The molecule has 0 atom stereocenters. The number of halogens is 3. The number of hydrogen-bond donors (Lipinski definition) is 0. The summed E-state index contributed by atoms with van der Waals surface area (Å²) in [7, 11) is 1.50. The monoisotopic (exact) mass is 310 g/mol. The molecule has 0 N–H and O–H groups in total. The molecule has 0 amide bonds. The zero-order valence-electron chi connectivity index (χ0n) is 10.9. The lowest BCUT2D eigenvalue weighted by atomic mass is 10.0. The molecule has 0 saturated carbocycles. The van der Waals surface area contributed by atoms with Crippen molar-refractivity contribution in [3.8, 4) is 5.75 Å². The Morgan fingerprint density at radius 3 is 2.60 bits per heavy atom. The Morgan fingerprint density at radius 1 is 1.25 bits per heavy atom. The van der Waals surface area contributed by atoms with Crippen LogP contribution in [-0.4, -0.2) is 13.0 Å². The fraction of sp³-hybridized carbons (Fsp3) is 0.125. The summed E-state index contributed by atoms with van der Waals surface area (Å²) in [5.74, 6) is 0.287. The van der Waals surface area contributed by atoms with Gasteiger partial charge in [-0.2, -0.15) is 0 Å². The summed E-state index contributed by atoms with van der Waals surface area (Å²) >= 11 is 12.0. The molecule has 0 spiro atoms. The van der Waals surface area contributed by atoms with E-state index >= 15 is 0 Å². The molecule has 0 aliphatic heterocycles. The van der Waals surface area contributed by atoms with Gasteiger partial charge in [0.15, 0.2) is 0 Å². The lowest BCUT2D eigenvalue weighted by Gasteiger charge is -2.08. The third-order valence-corrected chi connectivity index (χ3v) is 3.53. The Labute approximate surface area is 127 Å². The molecule has 0 saturated heterocycles. The smallest absolute Gasteiger partial charge is 0.134 e. The molecule has 0 radical (unpaired) electrons. The van der Waals surface area contributed by atoms with Crippen molar-refractivity contribution < 1.29 is 9.13 Å². The van der Waals surface area contributed by atoms with Gasteiger partial charge in [-0.05, 0) is 35.4 Å². The molecule has 0 bridgehead atoms. The van der Waals surface area contributed by atoms with Crippen LogP contribution in [-0.2, 0) is 0 Å². The summed E-state index contributed by atoms with van der Waals surface area (Å²) in [6, 6.07) is 12.0. The first kappa shape index (κ1) is 14.9. The quantitative estimate of drug-likeness (QED) is 0.552. The highest BCUT2D eigenvalue weighted by atomic mass is 35.5. The third kappa shape index (κ3) is 3.33.